The van der Waals surface area contributed by atoms with Crippen LogP contribution < -0.4 is 0 Å². The molecule has 1 saturated heterocycles. The Hall–Kier alpha value is -2.69. The summed E-state index contributed by atoms with van der Waals surface area (Å²) in [5.74, 6) is -3.65. The second-order valence-corrected chi connectivity index (χ2v) is 7.49. The quantitative estimate of drug-likeness (QED) is 0.407. The number of hydrogen-bond donors (Lipinski definition) is 0. The average molecular weight is 444 g/mol. The van der Waals surface area contributed by atoms with Gasteiger partial charge in [-0.05, 0) is 12.8 Å². The summed E-state index contributed by atoms with van der Waals surface area (Å²) in [6.07, 6.45) is -3.37. The highest BCUT2D eigenvalue weighted by Crippen LogP contribution is 2.31. The molecule has 2 aliphatic rings. The van der Waals surface area contributed by atoms with E-state index in [9.17, 15) is 24.0 Å². The fourth-order valence-corrected chi connectivity index (χ4v) is 3.69. The molecule has 0 aromatic rings. The third-order valence-electron chi connectivity index (χ3n) is 4.86. The van der Waals surface area contributed by atoms with Crippen LogP contribution in [0.1, 0.15) is 53.4 Å². The third-order valence-corrected chi connectivity index (χ3v) is 4.86. The summed E-state index contributed by atoms with van der Waals surface area (Å²) in [5.41, 5.74) is 0. The van der Waals surface area contributed by atoms with Crippen LogP contribution in [0.2, 0.25) is 0 Å². The van der Waals surface area contributed by atoms with Gasteiger partial charge in [-0.15, -0.1) is 0 Å². The van der Waals surface area contributed by atoms with Crippen molar-refractivity contribution in [1.82, 2.24) is 0 Å². The van der Waals surface area contributed by atoms with Crippen molar-refractivity contribution in [3.63, 3.8) is 0 Å². The van der Waals surface area contributed by atoms with E-state index in [0.717, 1.165) is 53.4 Å². The molecule has 0 N–H and O–H groups in total. The van der Waals surface area contributed by atoms with Crippen LogP contribution >= 0.6 is 0 Å². The van der Waals surface area contributed by atoms with Crippen LogP contribution in [-0.2, 0) is 52.4 Å². The molecule has 2 fully saturated rings. The average Bonchev–Trinajstić information content (AvgIpc) is 3.18. The van der Waals surface area contributed by atoms with Gasteiger partial charge in [0.2, 0.25) is 12.4 Å². The van der Waals surface area contributed by atoms with Crippen molar-refractivity contribution in [2.24, 2.45) is 5.92 Å². The Balaban J connectivity index is 2.29. The van der Waals surface area contributed by atoms with E-state index < -0.39 is 60.6 Å². The number of carbonyl (C=O) groups excluding carboxylic acids is 5. The molecule has 1 saturated carbocycles. The van der Waals surface area contributed by atoms with Gasteiger partial charge in [0.1, 0.15) is 12.7 Å². The van der Waals surface area contributed by atoms with E-state index in [0.29, 0.717) is 0 Å². The van der Waals surface area contributed by atoms with Gasteiger partial charge in [0.05, 0.1) is 5.92 Å². The van der Waals surface area contributed by atoms with E-state index in [2.05, 4.69) is 0 Å². The molecule has 11 heteroatoms. The summed E-state index contributed by atoms with van der Waals surface area (Å²) >= 11 is 0. The van der Waals surface area contributed by atoms with Crippen LogP contribution in [0.25, 0.3) is 0 Å². The van der Waals surface area contributed by atoms with E-state index in [-0.39, 0.29) is 12.5 Å². The minimum Gasteiger partial charge on any atom is -0.463 e. The number of hydrogen-bond acceptors (Lipinski definition) is 11. The lowest BCUT2D eigenvalue weighted by molar-refractivity contribution is -0.300. The molecule has 0 aromatic heterocycles. The molecule has 5 atom stereocenters. The summed E-state index contributed by atoms with van der Waals surface area (Å²) < 4.78 is 31.8. The van der Waals surface area contributed by atoms with Gasteiger partial charge in [0.15, 0.2) is 12.2 Å². The van der Waals surface area contributed by atoms with E-state index in [1.54, 1.807) is 0 Å². The highest BCUT2D eigenvalue weighted by Gasteiger charge is 2.53. The fraction of sp³-hybridized carbons (Fsp3) is 0.750. The summed E-state index contributed by atoms with van der Waals surface area (Å²) in [5, 5.41) is 0. The van der Waals surface area contributed by atoms with Crippen LogP contribution in [0.15, 0.2) is 0 Å². The maximum atomic E-state index is 12.3. The van der Waals surface area contributed by atoms with Crippen LogP contribution in [0.3, 0.4) is 0 Å². The molecule has 1 heterocycles. The maximum Gasteiger partial charge on any atom is 0.309 e. The van der Waals surface area contributed by atoms with Gasteiger partial charge < -0.3 is 28.4 Å². The van der Waals surface area contributed by atoms with Gasteiger partial charge in [-0.2, -0.15) is 0 Å². The Morgan fingerprint density at radius 2 is 1.19 bits per heavy atom. The molecule has 0 radical (unpaired) electrons. The predicted molar refractivity (Wildman–Crippen MR) is 100 cm³/mol. The van der Waals surface area contributed by atoms with Crippen molar-refractivity contribution < 1.29 is 52.4 Å². The molecule has 2 rings (SSSR count). The standard InChI is InChI=1S/C20H28O11/c1-10(21)27-16-15(9-26-19(25)14-7-5-6-8-14)31-20(30-13(4)24)18(29-12(3)23)17(16)28-11(2)22/h14-18,20H,5-9H2,1-4H3/t15?,16-,17?,18+,20+/m0/s1. The number of ether oxygens (including phenoxy) is 6. The molecular formula is C20H28O11. The Bertz CT molecular complexity index is 697. The normalized spacial score (nSPS) is 28.3. The van der Waals surface area contributed by atoms with Crippen molar-refractivity contribution in [3.8, 4) is 0 Å². The second-order valence-electron chi connectivity index (χ2n) is 7.49. The summed E-state index contributed by atoms with van der Waals surface area (Å²) in [6.45, 7) is 4.11. The van der Waals surface area contributed by atoms with Gasteiger partial charge in [0, 0.05) is 27.7 Å². The Kier molecular flexibility index (Phi) is 8.78. The van der Waals surface area contributed by atoms with Crippen LogP contribution in [0.5, 0.6) is 0 Å². The van der Waals surface area contributed by atoms with Gasteiger partial charge in [-0.25, -0.2) is 0 Å². The van der Waals surface area contributed by atoms with Crippen LogP contribution in [0.4, 0.5) is 0 Å². The first-order chi connectivity index (χ1) is 14.6. The number of carbonyl (C=O) groups is 5. The van der Waals surface area contributed by atoms with E-state index in [4.69, 9.17) is 28.4 Å². The van der Waals surface area contributed by atoms with E-state index in [1.807, 2.05) is 0 Å². The monoisotopic (exact) mass is 444 g/mol. The van der Waals surface area contributed by atoms with Gasteiger partial charge in [-0.1, -0.05) is 12.8 Å². The highest BCUT2D eigenvalue weighted by molar-refractivity contribution is 5.72. The van der Waals surface area contributed by atoms with E-state index in [1.165, 1.54) is 0 Å². The molecule has 1 aliphatic heterocycles. The smallest absolute Gasteiger partial charge is 0.309 e. The molecule has 31 heavy (non-hydrogen) atoms. The summed E-state index contributed by atoms with van der Waals surface area (Å²) in [6, 6.07) is 0. The number of esters is 5. The summed E-state index contributed by atoms with van der Waals surface area (Å²) in [4.78, 5) is 58.9. The SMILES string of the molecule is CC(=O)OC1[C@@H](OC(C)=O)C(COC(=O)C2CCCC2)O[C@@H](OC(C)=O)[C@@H]1OC(C)=O. The van der Waals surface area contributed by atoms with Crippen LogP contribution in [-0.4, -0.2) is 67.2 Å². The minimum absolute atomic E-state index is 0.224. The summed E-state index contributed by atoms with van der Waals surface area (Å²) in [7, 11) is 0. The van der Waals surface area contributed by atoms with Crippen molar-refractivity contribution in [2.45, 2.75) is 84.1 Å². The lowest BCUT2D eigenvalue weighted by atomic mass is 9.98. The maximum absolute atomic E-state index is 12.3. The molecule has 2 unspecified atom stereocenters. The third kappa shape index (κ3) is 7.20. The number of rotatable bonds is 7. The van der Waals surface area contributed by atoms with Crippen LogP contribution in [0, 0.1) is 5.92 Å². The predicted octanol–water partition coefficient (Wildman–Crippen LogP) is 0.803. The van der Waals surface area contributed by atoms with Gasteiger partial charge >= 0.3 is 29.8 Å². The topological polar surface area (TPSA) is 141 Å². The Morgan fingerprint density at radius 1 is 0.710 bits per heavy atom. The molecule has 0 spiro atoms. The lowest BCUT2D eigenvalue weighted by Crippen LogP contribution is -2.63. The first-order valence-electron chi connectivity index (χ1n) is 10.1. The van der Waals surface area contributed by atoms with E-state index >= 15 is 0 Å². The highest BCUT2D eigenvalue weighted by atomic mass is 16.7. The second kappa shape index (κ2) is 11.1. The van der Waals surface area contributed by atoms with Crippen molar-refractivity contribution >= 4 is 29.8 Å². The molecule has 0 amide bonds. The van der Waals surface area contributed by atoms with Crippen molar-refractivity contribution in [1.29, 1.82) is 0 Å². The molecule has 11 nitrogen and oxygen atoms in total. The molecule has 174 valence electrons. The molecule has 1 aliphatic carbocycles. The molecular weight excluding hydrogens is 416 g/mol. The largest absolute Gasteiger partial charge is 0.463 e. The van der Waals surface area contributed by atoms with Gasteiger partial charge in [0.25, 0.3) is 0 Å². The Morgan fingerprint density at radius 3 is 1.71 bits per heavy atom. The van der Waals surface area contributed by atoms with Crippen molar-refractivity contribution in [2.75, 3.05) is 6.61 Å². The zero-order valence-corrected chi connectivity index (χ0v) is 18.0. The minimum atomic E-state index is -1.48. The zero-order valence-electron chi connectivity index (χ0n) is 18.0. The van der Waals surface area contributed by atoms with Crippen molar-refractivity contribution in [3.05, 3.63) is 0 Å². The fourth-order valence-electron chi connectivity index (χ4n) is 3.69. The first-order valence-corrected chi connectivity index (χ1v) is 10.1. The zero-order chi connectivity index (χ0) is 23.1. The van der Waals surface area contributed by atoms with Gasteiger partial charge in [-0.3, -0.25) is 24.0 Å². The Labute approximate surface area is 179 Å². The first kappa shape index (κ1) is 24.6. The lowest BCUT2D eigenvalue weighted by Gasteiger charge is -2.43. The molecule has 0 aromatic carbocycles. The molecule has 0 bridgehead atoms.